The van der Waals surface area contributed by atoms with Crippen LogP contribution in [0.3, 0.4) is 0 Å². The number of rotatable bonds is 5. The summed E-state index contributed by atoms with van der Waals surface area (Å²) in [6.45, 7) is 3.73. The lowest BCUT2D eigenvalue weighted by molar-refractivity contribution is -0.384. The van der Waals surface area contributed by atoms with E-state index in [4.69, 9.17) is 4.74 Å². The number of ether oxygens (including phenoxy) is 1. The minimum atomic E-state index is -0.431. The Morgan fingerprint density at radius 2 is 1.67 bits per heavy atom. The highest BCUT2D eigenvalue weighted by Crippen LogP contribution is 2.31. The zero-order valence-electron chi connectivity index (χ0n) is 11.9. The van der Waals surface area contributed by atoms with Gasteiger partial charge in [-0.05, 0) is 37.6 Å². The molecule has 110 valence electrons. The summed E-state index contributed by atoms with van der Waals surface area (Å²) >= 11 is 0. The lowest BCUT2D eigenvalue weighted by Gasteiger charge is -2.20. The zero-order valence-corrected chi connectivity index (χ0v) is 11.9. The Bertz CT molecular complexity index is 624. The van der Waals surface area contributed by atoms with Gasteiger partial charge in [0.05, 0.1) is 17.1 Å². The van der Waals surface area contributed by atoms with Crippen molar-refractivity contribution in [2.45, 2.75) is 26.1 Å². The van der Waals surface area contributed by atoms with Crippen molar-refractivity contribution in [3.05, 3.63) is 69.8 Å². The maximum absolute atomic E-state index is 10.6. The van der Waals surface area contributed by atoms with Crippen molar-refractivity contribution in [3.8, 4) is 5.75 Å². The number of phenolic OH excluding ortho intramolecular Hbond substituents is 1. The molecule has 0 aliphatic rings. The topological polar surface area (TPSA) is 72.6 Å². The van der Waals surface area contributed by atoms with Gasteiger partial charge >= 0.3 is 0 Å². The molecule has 0 bridgehead atoms. The number of benzene rings is 2. The average molecular weight is 287 g/mol. The third kappa shape index (κ3) is 3.58. The van der Waals surface area contributed by atoms with Crippen LogP contribution >= 0.6 is 0 Å². The molecule has 0 fully saturated rings. The molecule has 2 aromatic carbocycles. The number of hydrogen-bond acceptors (Lipinski definition) is 4. The lowest BCUT2D eigenvalue weighted by atomic mass is 10.1. The lowest BCUT2D eigenvalue weighted by Crippen LogP contribution is -2.05. The fraction of sp³-hybridized carbons (Fsp3) is 0.250. The molecule has 21 heavy (non-hydrogen) atoms. The average Bonchev–Trinajstić information content (AvgIpc) is 2.47. The van der Waals surface area contributed by atoms with Crippen LogP contribution in [0.25, 0.3) is 0 Å². The van der Waals surface area contributed by atoms with Gasteiger partial charge < -0.3 is 9.84 Å². The Hall–Kier alpha value is -2.40. The molecule has 0 aliphatic heterocycles. The smallest absolute Gasteiger partial charge is 0.269 e. The van der Waals surface area contributed by atoms with E-state index in [9.17, 15) is 15.2 Å². The van der Waals surface area contributed by atoms with E-state index in [0.717, 1.165) is 5.56 Å². The van der Waals surface area contributed by atoms with Crippen molar-refractivity contribution in [1.82, 2.24) is 0 Å². The van der Waals surface area contributed by atoms with E-state index >= 15 is 0 Å². The Labute approximate surface area is 123 Å². The fourth-order valence-electron chi connectivity index (χ4n) is 2.16. The van der Waals surface area contributed by atoms with Gasteiger partial charge in [-0.1, -0.05) is 18.2 Å². The summed E-state index contributed by atoms with van der Waals surface area (Å²) in [5, 5.41) is 20.4. The second kappa shape index (κ2) is 6.37. The maximum Gasteiger partial charge on any atom is 0.269 e. The van der Waals surface area contributed by atoms with Gasteiger partial charge in [0, 0.05) is 17.7 Å². The number of phenols is 1. The van der Waals surface area contributed by atoms with Crippen LogP contribution < -0.4 is 0 Å². The molecule has 0 aromatic heterocycles. The van der Waals surface area contributed by atoms with E-state index in [-0.39, 0.29) is 23.6 Å². The Morgan fingerprint density at radius 3 is 2.24 bits per heavy atom. The van der Waals surface area contributed by atoms with E-state index < -0.39 is 4.92 Å². The molecule has 0 saturated heterocycles. The summed E-state index contributed by atoms with van der Waals surface area (Å²) in [6, 6.07) is 13.3. The summed E-state index contributed by atoms with van der Waals surface area (Å²) in [5.74, 6) is 0.195. The van der Waals surface area contributed by atoms with E-state index in [0.29, 0.717) is 5.56 Å². The minimum Gasteiger partial charge on any atom is -0.508 e. The summed E-state index contributed by atoms with van der Waals surface area (Å²) in [5.41, 5.74) is 1.62. The predicted molar refractivity (Wildman–Crippen MR) is 79.1 cm³/mol. The van der Waals surface area contributed by atoms with E-state index in [1.165, 1.54) is 12.1 Å². The van der Waals surface area contributed by atoms with E-state index in [2.05, 4.69) is 0 Å². The largest absolute Gasteiger partial charge is 0.508 e. The summed E-state index contributed by atoms with van der Waals surface area (Å²) in [7, 11) is 0. The van der Waals surface area contributed by atoms with Crippen LogP contribution in [-0.4, -0.2) is 10.0 Å². The molecule has 0 spiro atoms. The number of nitro groups is 1. The predicted octanol–water partition coefficient (Wildman–Crippen LogP) is 4.14. The summed E-state index contributed by atoms with van der Waals surface area (Å²) in [6.07, 6.45) is -0.517. The van der Waals surface area contributed by atoms with Crippen molar-refractivity contribution in [3.63, 3.8) is 0 Å². The van der Waals surface area contributed by atoms with Crippen molar-refractivity contribution < 1.29 is 14.8 Å². The SMILES string of the molecule is CC(OC(C)c1ccccc1O)c1ccc([N+](=O)[O-])cc1. The van der Waals surface area contributed by atoms with Gasteiger partial charge in [-0.25, -0.2) is 0 Å². The molecule has 0 aliphatic carbocycles. The van der Waals surface area contributed by atoms with Gasteiger partial charge in [-0.15, -0.1) is 0 Å². The third-order valence-corrected chi connectivity index (χ3v) is 3.36. The molecule has 0 amide bonds. The fourth-order valence-corrected chi connectivity index (χ4v) is 2.16. The van der Waals surface area contributed by atoms with Crippen molar-refractivity contribution in [2.75, 3.05) is 0 Å². The minimum absolute atomic E-state index is 0.0553. The molecule has 2 unspecified atom stereocenters. The first-order chi connectivity index (χ1) is 9.99. The van der Waals surface area contributed by atoms with E-state index in [1.807, 2.05) is 26.0 Å². The van der Waals surface area contributed by atoms with Gasteiger partial charge in [0.1, 0.15) is 5.75 Å². The van der Waals surface area contributed by atoms with Crippen LogP contribution in [0.1, 0.15) is 37.2 Å². The molecular formula is C16H17NO4. The number of para-hydroxylation sites is 1. The molecule has 5 heteroatoms. The van der Waals surface area contributed by atoms with Gasteiger partial charge in [0.25, 0.3) is 5.69 Å². The summed E-state index contributed by atoms with van der Waals surface area (Å²) < 4.78 is 5.87. The van der Waals surface area contributed by atoms with Gasteiger partial charge in [0.2, 0.25) is 0 Å². The monoisotopic (exact) mass is 287 g/mol. The van der Waals surface area contributed by atoms with Crippen LogP contribution in [0, 0.1) is 10.1 Å². The van der Waals surface area contributed by atoms with Crippen molar-refractivity contribution in [2.24, 2.45) is 0 Å². The van der Waals surface area contributed by atoms with Gasteiger partial charge in [0.15, 0.2) is 0 Å². The van der Waals surface area contributed by atoms with Crippen LogP contribution in [0.5, 0.6) is 5.75 Å². The normalized spacial score (nSPS) is 13.6. The number of nitrogens with zero attached hydrogens (tertiary/aromatic N) is 1. The Balaban J connectivity index is 2.09. The highest BCUT2D eigenvalue weighted by atomic mass is 16.6. The van der Waals surface area contributed by atoms with Gasteiger partial charge in [-0.2, -0.15) is 0 Å². The molecule has 5 nitrogen and oxygen atoms in total. The Kier molecular flexibility index (Phi) is 4.55. The number of hydrogen-bond donors (Lipinski definition) is 1. The molecule has 0 radical (unpaired) electrons. The summed E-state index contributed by atoms with van der Waals surface area (Å²) in [4.78, 5) is 10.2. The Morgan fingerprint density at radius 1 is 1.05 bits per heavy atom. The quantitative estimate of drug-likeness (QED) is 0.662. The third-order valence-electron chi connectivity index (χ3n) is 3.36. The molecule has 0 heterocycles. The molecule has 0 saturated carbocycles. The van der Waals surface area contributed by atoms with Crippen molar-refractivity contribution in [1.29, 1.82) is 0 Å². The van der Waals surface area contributed by atoms with Gasteiger partial charge in [-0.3, -0.25) is 10.1 Å². The molecule has 1 N–H and O–H groups in total. The molecule has 2 atom stereocenters. The van der Waals surface area contributed by atoms with Crippen LogP contribution in [0.2, 0.25) is 0 Å². The zero-order chi connectivity index (χ0) is 15.4. The number of non-ortho nitro benzene ring substituents is 1. The first kappa shape index (κ1) is 15.0. The van der Waals surface area contributed by atoms with Crippen molar-refractivity contribution >= 4 is 5.69 Å². The second-order valence-corrected chi connectivity index (χ2v) is 4.83. The highest BCUT2D eigenvalue weighted by Gasteiger charge is 2.16. The molecular weight excluding hydrogens is 270 g/mol. The van der Waals surface area contributed by atoms with Crippen LogP contribution in [-0.2, 0) is 4.74 Å². The number of nitro benzene ring substituents is 1. The molecule has 2 aromatic rings. The first-order valence-corrected chi connectivity index (χ1v) is 6.66. The van der Waals surface area contributed by atoms with E-state index in [1.54, 1.807) is 24.3 Å². The first-order valence-electron chi connectivity index (χ1n) is 6.66. The highest BCUT2D eigenvalue weighted by molar-refractivity contribution is 5.35. The van der Waals surface area contributed by atoms with Crippen LogP contribution in [0.15, 0.2) is 48.5 Å². The molecule has 2 rings (SSSR count). The maximum atomic E-state index is 10.6. The second-order valence-electron chi connectivity index (χ2n) is 4.83. The van der Waals surface area contributed by atoms with Crippen LogP contribution in [0.4, 0.5) is 5.69 Å². The standard InChI is InChI=1S/C16H17NO4/c1-11(13-7-9-14(10-8-13)17(19)20)21-12(2)15-5-3-4-6-16(15)18/h3-12,18H,1-2H3. The number of aromatic hydroxyl groups is 1.